The van der Waals surface area contributed by atoms with Gasteiger partial charge < -0.3 is 10.1 Å². The molecule has 17 heavy (non-hydrogen) atoms. The molecule has 1 atom stereocenters. The minimum Gasteiger partial charge on any atom is -0.379 e. The molecule has 0 aliphatic heterocycles. The van der Waals surface area contributed by atoms with Gasteiger partial charge in [-0.1, -0.05) is 27.7 Å². The van der Waals surface area contributed by atoms with Gasteiger partial charge in [0.2, 0.25) is 0 Å². The molecule has 0 heterocycles. The molecule has 0 amide bonds. The third-order valence-electron chi connectivity index (χ3n) is 3.19. The predicted octanol–water partition coefficient (Wildman–Crippen LogP) is 4.00. The lowest BCUT2D eigenvalue weighted by molar-refractivity contribution is 0.0107. The Kier molecular flexibility index (Phi) is 7.34. The maximum atomic E-state index is 5.49. The highest BCUT2D eigenvalue weighted by molar-refractivity contribution is 4.78. The van der Waals surface area contributed by atoms with E-state index in [1.54, 1.807) is 7.11 Å². The first-order valence-corrected chi connectivity index (χ1v) is 6.99. The predicted molar refractivity (Wildman–Crippen MR) is 76.5 cm³/mol. The van der Waals surface area contributed by atoms with E-state index in [0.717, 1.165) is 13.0 Å². The molecular formula is C15H33NO. The first-order valence-electron chi connectivity index (χ1n) is 6.99. The highest BCUT2D eigenvalue weighted by Gasteiger charge is 2.22. The number of rotatable bonds is 8. The summed E-state index contributed by atoms with van der Waals surface area (Å²) in [6, 6.07) is 0.615. The molecule has 2 nitrogen and oxygen atoms in total. The quantitative estimate of drug-likeness (QED) is 0.696. The van der Waals surface area contributed by atoms with Crippen LogP contribution in [0.5, 0.6) is 0 Å². The van der Waals surface area contributed by atoms with Gasteiger partial charge in [0, 0.05) is 13.2 Å². The fourth-order valence-electron chi connectivity index (χ4n) is 1.99. The molecule has 104 valence electrons. The van der Waals surface area contributed by atoms with Crippen LogP contribution in [0.15, 0.2) is 0 Å². The third-order valence-corrected chi connectivity index (χ3v) is 3.19. The lowest BCUT2D eigenvalue weighted by atomic mass is 9.85. The van der Waals surface area contributed by atoms with E-state index in [9.17, 15) is 0 Å². The Morgan fingerprint density at radius 3 is 2.12 bits per heavy atom. The number of methoxy groups -OCH3 is 1. The van der Waals surface area contributed by atoms with Crippen LogP contribution in [0, 0.1) is 5.41 Å². The standard InChI is InChI=1S/C15H33NO/c1-8-11-16-13(12-14(2,3)4)9-10-15(5,6)17-7/h13,16H,8-12H2,1-7H3. The zero-order chi connectivity index (χ0) is 13.5. The average molecular weight is 243 g/mol. The second kappa shape index (κ2) is 7.38. The van der Waals surface area contributed by atoms with Gasteiger partial charge in [-0.05, 0) is 51.5 Å². The average Bonchev–Trinajstić information content (AvgIpc) is 2.20. The van der Waals surface area contributed by atoms with Crippen LogP contribution in [0.3, 0.4) is 0 Å². The van der Waals surface area contributed by atoms with Gasteiger partial charge >= 0.3 is 0 Å². The minimum atomic E-state index is 0.00400. The summed E-state index contributed by atoms with van der Waals surface area (Å²) in [7, 11) is 1.80. The molecule has 1 unspecified atom stereocenters. The zero-order valence-electron chi connectivity index (χ0n) is 13.0. The number of ether oxygens (including phenoxy) is 1. The van der Waals surface area contributed by atoms with Crippen LogP contribution in [-0.2, 0) is 4.74 Å². The summed E-state index contributed by atoms with van der Waals surface area (Å²) in [6.07, 6.45) is 4.74. The molecule has 1 N–H and O–H groups in total. The fraction of sp³-hybridized carbons (Fsp3) is 1.00. The fourth-order valence-corrected chi connectivity index (χ4v) is 1.99. The largest absolute Gasteiger partial charge is 0.379 e. The van der Waals surface area contributed by atoms with E-state index in [4.69, 9.17) is 4.74 Å². The van der Waals surface area contributed by atoms with Crippen molar-refractivity contribution in [2.24, 2.45) is 5.41 Å². The lowest BCUT2D eigenvalue weighted by Gasteiger charge is -2.30. The van der Waals surface area contributed by atoms with Crippen molar-refractivity contribution in [3.63, 3.8) is 0 Å². The summed E-state index contributed by atoms with van der Waals surface area (Å²) in [6.45, 7) is 14.6. The molecule has 0 fully saturated rings. The minimum absolute atomic E-state index is 0.00400. The molecule has 0 radical (unpaired) electrons. The van der Waals surface area contributed by atoms with Gasteiger partial charge in [-0.15, -0.1) is 0 Å². The summed E-state index contributed by atoms with van der Waals surface area (Å²) in [5.74, 6) is 0. The van der Waals surface area contributed by atoms with Crippen molar-refractivity contribution in [3.05, 3.63) is 0 Å². The molecule has 0 aromatic heterocycles. The molecule has 2 heteroatoms. The zero-order valence-corrected chi connectivity index (χ0v) is 13.0. The molecule has 0 aliphatic carbocycles. The van der Waals surface area contributed by atoms with Gasteiger partial charge in [0.05, 0.1) is 5.60 Å². The Bertz CT molecular complexity index is 194. The Hall–Kier alpha value is -0.0800. The van der Waals surface area contributed by atoms with Gasteiger partial charge in [0.1, 0.15) is 0 Å². The Morgan fingerprint density at radius 1 is 1.12 bits per heavy atom. The molecule has 0 saturated heterocycles. The Morgan fingerprint density at radius 2 is 1.71 bits per heavy atom. The van der Waals surface area contributed by atoms with Crippen molar-refractivity contribution in [3.8, 4) is 0 Å². The Balaban J connectivity index is 4.19. The third kappa shape index (κ3) is 9.61. The molecule has 0 saturated carbocycles. The molecule has 0 bridgehead atoms. The van der Waals surface area contributed by atoms with Crippen molar-refractivity contribution in [1.82, 2.24) is 5.32 Å². The molecule has 0 aliphatic rings. The maximum Gasteiger partial charge on any atom is 0.0623 e. The topological polar surface area (TPSA) is 21.3 Å². The van der Waals surface area contributed by atoms with E-state index in [-0.39, 0.29) is 5.60 Å². The van der Waals surface area contributed by atoms with E-state index in [2.05, 4.69) is 46.9 Å². The van der Waals surface area contributed by atoms with Crippen molar-refractivity contribution in [2.45, 2.75) is 78.9 Å². The van der Waals surface area contributed by atoms with Crippen molar-refractivity contribution >= 4 is 0 Å². The maximum absolute atomic E-state index is 5.49. The van der Waals surface area contributed by atoms with Crippen LogP contribution >= 0.6 is 0 Å². The van der Waals surface area contributed by atoms with Gasteiger partial charge in [-0.25, -0.2) is 0 Å². The van der Waals surface area contributed by atoms with Gasteiger partial charge in [0.15, 0.2) is 0 Å². The normalized spacial score (nSPS) is 15.0. The van der Waals surface area contributed by atoms with Crippen LogP contribution in [-0.4, -0.2) is 25.3 Å². The van der Waals surface area contributed by atoms with E-state index in [1.165, 1.54) is 19.3 Å². The van der Waals surface area contributed by atoms with Gasteiger partial charge in [0.25, 0.3) is 0 Å². The molecule has 0 aromatic rings. The second-order valence-electron chi connectivity index (χ2n) is 6.92. The summed E-state index contributed by atoms with van der Waals surface area (Å²) >= 11 is 0. The molecular weight excluding hydrogens is 210 g/mol. The van der Waals surface area contributed by atoms with E-state index >= 15 is 0 Å². The van der Waals surface area contributed by atoms with Crippen LogP contribution in [0.4, 0.5) is 0 Å². The molecule has 0 aromatic carbocycles. The van der Waals surface area contributed by atoms with Crippen molar-refractivity contribution in [1.29, 1.82) is 0 Å². The first kappa shape index (κ1) is 16.9. The summed E-state index contributed by atoms with van der Waals surface area (Å²) in [4.78, 5) is 0. The van der Waals surface area contributed by atoms with E-state index in [1.807, 2.05) is 0 Å². The highest BCUT2D eigenvalue weighted by Crippen LogP contribution is 2.25. The smallest absolute Gasteiger partial charge is 0.0623 e. The number of hydrogen-bond acceptors (Lipinski definition) is 2. The summed E-state index contributed by atoms with van der Waals surface area (Å²) in [5, 5.41) is 3.67. The summed E-state index contributed by atoms with van der Waals surface area (Å²) < 4.78 is 5.49. The molecule has 0 rings (SSSR count). The summed E-state index contributed by atoms with van der Waals surface area (Å²) in [5.41, 5.74) is 0.395. The second-order valence-corrected chi connectivity index (χ2v) is 6.92. The van der Waals surface area contributed by atoms with Gasteiger partial charge in [-0.3, -0.25) is 0 Å². The van der Waals surface area contributed by atoms with Crippen LogP contribution in [0.2, 0.25) is 0 Å². The van der Waals surface area contributed by atoms with E-state index < -0.39 is 0 Å². The molecule has 0 spiro atoms. The SMILES string of the molecule is CCCNC(CCC(C)(C)OC)CC(C)(C)C. The van der Waals surface area contributed by atoms with Crippen molar-refractivity contribution in [2.75, 3.05) is 13.7 Å². The van der Waals surface area contributed by atoms with E-state index in [0.29, 0.717) is 11.5 Å². The van der Waals surface area contributed by atoms with Crippen LogP contribution in [0.25, 0.3) is 0 Å². The van der Waals surface area contributed by atoms with Gasteiger partial charge in [-0.2, -0.15) is 0 Å². The van der Waals surface area contributed by atoms with Crippen LogP contribution in [0.1, 0.15) is 67.2 Å². The van der Waals surface area contributed by atoms with Crippen LogP contribution < -0.4 is 5.32 Å². The lowest BCUT2D eigenvalue weighted by Crippen LogP contribution is -2.35. The first-order chi connectivity index (χ1) is 7.70. The monoisotopic (exact) mass is 243 g/mol. The number of hydrogen-bond donors (Lipinski definition) is 1. The highest BCUT2D eigenvalue weighted by atomic mass is 16.5. The number of nitrogens with one attached hydrogen (secondary N) is 1. The Labute approximate surface area is 109 Å². The van der Waals surface area contributed by atoms with Crippen molar-refractivity contribution < 1.29 is 4.74 Å².